The fourth-order valence-corrected chi connectivity index (χ4v) is 3.87. The van der Waals surface area contributed by atoms with E-state index in [9.17, 15) is 22.8 Å². The predicted molar refractivity (Wildman–Crippen MR) is 133 cm³/mol. The smallest absolute Gasteiger partial charge is 0.416 e. The van der Waals surface area contributed by atoms with Crippen LogP contribution in [0.2, 0.25) is 0 Å². The van der Waals surface area contributed by atoms with Crippen LogP contribution in [-0.2, 0) is 22.2 Å². The molecule has 0 saturated carbocycles. The molecule has 3 aromatic rings. The first kappa shape index (κ1) is 24.8. The zero-order valence-electron chi connectivity index (χ0n) is 19.4. The predicted octanol–water partition coefficient (Wildman–Crippen LogP) is 6.23. The van der Waals surface area contributed by atoms with Crippen molar-refractivity contribution >= 4 is 28.8 Å². The Hall–Kier alpha value is -4.33. The van der Waals surface area contributed by atoms with Gasteiger partial charge in [-0.25, -0.2) is 0 Å². The second-order valence-corrected chi connectivity index (χ2v) is 8.02. The summed E-state index contributed by atoms with van der Waals surface area (Å²) < 4.78 is 44.6. The van der Waals surface area contributed by atoms with E-state index in [-0.39, 0.29) is 12.3 Å². The monoisotopic (exact) mass is 492 g/mol. The number of fused-ring (bicyclic) bond motifs is 1. The molecule has 0 aromatic heterocycles. The van der Waals surface area contributed by atoms with Crippen molar-refractivity contribution in [2.24, 2.45) is 0 Å². The Labute approximate surface area is 206 Å². The van der Waals surface area contributed by atoms with Gasteiger partial charge in [-0.2, -0.15) is 13.2 Å². The summed E-state index contributed by atoms with van der Waals surface area (Å²) in [6.45, 7) is 2.38. The highest BCUT2D eigenvalue weighted by molar-refractivity contribution is 6.05. The molecule has 5 nitrogen and oxygen atoms in total. The number of halogens is 3. The number of carbonyl (C=O) groups excluding carboxylic acids is 2. The molecule has 0 radical (unpaired) electrons. The lowest BCUT2D eigenvalue weighted by Crippen LogP contribution is -2.09. The number of allylic oxidation sites excluding steroid dienone is 2. The molecule has 0 bridgehead atoms. The molecule has 0 unspecified atom stereocenters. The van der Waals surface area contributed by atoms with Gasteiger partial charge in [0, 0.05) is 23.0 Å². The Morgan fingerprint density at radius 1 is 1.03 bits per heavy atom. The number of rotatable bonds is 7. The molecule has 0 aliphatic carbocycles. The number of benzene rings is 3. The molecule has 0 atom stereocenters. The van der Waals surface area contributed by atoms with Gasteiger partial charge in [-0.1, -0.05) is 42.5 Å². The van der Waals surface area contributed by atoms with Crippen LogP contribution in [0, 0.1) is 0 Å². The number of nitrogens with one attached hydrogen (secondary N) is 2. The molecule has 1 aliphatic rings. The minimum absolute atomic E-state index is 0.137. The average Bonchev–Trinajstić information content (AvgIpc) is 3.24. The lowest BCUT2D eigenvalue weighted by molar-refractivity contribution is -0.137. The molecule has 1 heterocycles. The molecule has 184 valence electrons. The number of amides is 2. The Morgan fingerprint density at radius 3 is 2.33 bits per heavy atom. The summed E-state index contributed by atoms with van der Waals surface area (Å²) >= 11 is 0. The number of anilines is 2. The van der Waals surface area contributed by atoms with Crippen molar-refractivity contribution < 1.29 is 27.5 Å². The second-order valence-electron chi connectivity index (χ2n) is 8.02. The van der Waals surface area contributed by atoms with E-state index < -0.39 is 17.6 Å². The van der Waals surface area contributed by atoms with Crippen molar-refractivity contribution in [3.63, 3.8) is 0 Å². The van der Waals surface area contributed by atoms with Crippen LogP contribution in [0.3, 0.4) is 0 Å². The first-order valence-electron chi connectivity index (χ1n) is 11.3. The lowest BCUT2D eigenvalue weighted by atomic mass is 9.96. The molecule has 0 fully saturated rings. The lowest BCUT2D eigenvalue weighted by Gasteiger charge is -2.12. The van der Waals surface area contributed by atoms with Gasteiger partial charge in [0.05, 0.1) is 18.6 Å². The molecule has 4 rings (SSSR count). The highest BCUT2D eigenvalue weighted by Crippen LogP contribution is 2.32. The SMILES string of the molecule is CCOc1ccc(/C(=C\C=C\C(=O)Nc2cccc3c2CC(=O)N3)c2ccc(C(F)(F)F)cc2)cc1. The van der Waals surface area contributed by atoms with Crippen molar-refractivity contribution in [3.05, 3.63) is 107 Å². The van der Waals surface area contributed by atoms with Gasteiger partial charge in [-0.15, -0.1) is 0 Å². The van der Waals surface area contributed by atoms with Gasteiger partial charge in [-0.3, -0.25) is 9.59 Å². The van der Waals surface area contributed by atoms with Crippen molar-refractivity contribution in [3.8, 4) is 5.75 Å². The van der Waals surface area contributed by atoms with Crippen LogP contribution >= 0.6 is 0 Å². The van der Waals surface area contributed by atoms with Crippen LogP contribution < -0.4 is 15.4 Å². The average molecular weight is 492 g/mol. The van der Waals surface area contributed by atoms with Crippen molar-refractivity contribution in [1.29, 1.82) is 0 Å². The summed E-state index contributed by atoms with van der Waals surface area (Å²) in [4.78, 5) is 24.2. The van der Waals surface area contributed by atoms with Crippen molar-refractivity contribution in [2.45, 2.75) is 19.5 Å². The number of hydrogen-bond donors (Lipinski definition) is 2. The molecule has 3 aromatic carbocycles. The number of ether oxygens (including phenoxy) is 1. The molecule has 0 saturated heterocycles. The van der Waals surface area contributed by atoms with E-state index in [1.807, 2.05) is 6.92 Å². The van der Waals surface area contributed by atoms with Gasteiger partial charge >= 0.3 is 6.18 Å². The zero-order valence-corrected chi connectivity index (χ0v) is 19.4. The van der Waals surface area contributed by atoms with Crippen molar-refractivity contribution in [2.75, 3.05) is 17.2 Å². The molecule has 2 N–H and O–H groups in total. The van der Waals surface area contributed by atoms with Crippen LogP contribution in [0.25, 0.3) is 5.57 Å². The summed E-state index contributed by atoms with van der Waals surface area (Å²) in [5, 5.41) is 5.51. The maximum atomic E-state index is 13.0. The van der Waals surface area contributed by atoms with Crippen molar-refractivity contribution in [1.82, 2.24) is 0 Å². The first-order chi connectivity index (χ1) is 17.2. The van der Waals surface area contributed by atoms with Crippen LogP contribution in [0.4, 0.5) is 24.5 Å². The third-order valence-electron chi connectivity index (χ3n) is 5.56. The summed E-state index contributed by atoms with van der Waals surface area (Å²) in [7, 11) is 0. The van der Waals surface area contributed by atoms with Gasteiger partial charge in [-0.05, 0) is 60.0 Å². The van der Waals surface area contributed by atoms with Gasteiger partial charge in [0.15, 0.2) is 0 Å². The fourth-order valence-electron chi connectivity index (χ4n) is 3.87. The Morgan fingerprint density at radius 2 is 1.69 bits per heavy atom. The second kappa shape index (κ2) is 10.5. The summed E-state index contributed by atoms with van der Waals surface area (Å²) in [6.07, 6.45) is 0.272. The summed E-state index contributed by atoms with van der Waals surface area (Å²) in [5.74, 6) is 0.130. The third kappa shape index (κ3) is 5.83. The molecule has 1 aliphatic heterocycles. The topological polar surface area (TPSA) is 67.4 Å². The largest absolute Gasteiger partial charge is 0.494 e. The number of carbonyl (C=O) groups is 2. The number of hydrogen-bond acceptors (Lipinski definition) is 3. The summed E-state index contributed by atoms with van der Waals surface area (Å²) in [6, 6.07) is 17.2. The van der Waals surface area contributed by atoms with Gasteiger partial charge in [0.1, 0.15) is 5.75 Å². The van der Waals surface area contributed by atoms with E-state index in [1.165, 1.54) is 24.3 Å². The van der Waals surface area contributed by atoms with Gasteiger partial charge in [0.25, 0.3) is 0 Å². The highest BCUT2D eigenvalue weighted by atomic mass is 19.4. The first-order valence-corrected chi connectivity index (χ1v) is 11.3. The third-order valence-corrected chi connectivity index (χ3v) is 5.56. The normalized spacial score (nSPS) is 13.4. The Kier molecular flexibility index (Phi) is 7.24. The summed E-state index contributed by atoms with van der Waals surface area (Å²) in [5.41, 5.74) is 3.12. The maximum absolute atomic E-state index is 13.0. The van der Waals surface area contributed by atoms with Crippen LogP contribution in [0.15, 0.2) is 85.0 Å². The van der Waals surface area contributed by atoms with E-state index in [1.54, 1.807) is 48.5 Å². The standard InChI is InChI=1S/C28H23F3N2O3/c1-2-36-21-15-11-19(12-16-21)22(18-9-13-20(14-10-18)28(29,30)31)5-3-8-26(34)32-24-6-4-7-25-23(24)17-27(35)33-25/h3-16H,2,17H2,1H3,(H,32,34)(H,33,35)/b8-3+,22-5-. The van der Waals surface area contributed by atoms with Crippen LogP contribution in [-0.4, -0.2) is 18.4 Å². The van der Waals surface area contributed by atoms with E-state index in [0.717, 1.165) is 23.3 Å². The Balaban J connectivity index is 1.59. The van der Waals surface area contributed by atoms with E-state index in [4.69, 9.17) is 4.74 Å². The molecular weight excluding hydrogens is 469 g/mol. The number of alkyl halides is 3. The fraction of sp³-hybridized carbons (Fsp3) is 0.143. The molecular formula is C28H23F3N2O3. The maximum Gasteiger partial charge on any atom is 0.416 e. The van der Waals surface area contributed by atoms with Gasteiger partial charge < -0.3 is 15.4 Å². The zero-order chi connectivity index (χ0) is 25.7. The van der Waals surface area contributed by atoms with E-state index in [2.05, 4.69) is 10.6 Å². The minimum Gasteiger partial charge on any atom is -0.494 e. The highest BCUT2D eigenvalue weighted by Gasteiger charge is 2.30. The van der Waals surface area contributed by atoms with Gasteiger partial charge in [0.2, 0.25) is 11.8 Å². The van der Waals surface area contributed by atoms with E-state index in [0.29, 0.717) is 34.9 Å². The van der Waals surface area contributed by atoms with Crippen LogP contribution in [0.1, 0.15) is 29.2 Å². The Bertz CT molecular complexity index is 1330. The molecule has 8 heteroatoms. The van der Waals surface area contributed by atoms with E-state index >= 15 is 0 Å². The molecule has 0 spiro atoms. The molecule has 2 amide bonds. The minimum atomic E-state index is -4.43. The quantitative estimate of drug-likeness (QED) is 0.304. The molecule has 36 heavy (non-hydrogen) atoms. The van der Waals surface area contributed by atoms with Crippen LogP contribution in [0.5, 0.6) is 5.75 Å².